The van der Waals surface area contributed by atoms with Gasteiger partial charge in [-0.1, -0.05) is 6.07 Å². The number of furan rings is 1. The van der Waals surface area contributed by atoms with E-state index in [-0.39, 0.29) is 24.2 Å². The van der Waals surface area contributed by atoms with Crippen molar-refractivity contribution in [2.45, 2.75) is 31.1 Å². The van der Waals surface area contributed by atoms with Crippen molar-refractivity contribution >= 4 is 5.91 Å². The molecule has 2 aliphatic rings. The molecule has 0 spiro atoms. The highest BCUT2D eigenvalue weighted by Crippen LogP contribution is 2.33. The maximum Gasteiger partial charge on any atom is 0.257 e. The van der Waals surface area contributed by atoms with Crippen molar-refractivity contribution in [2.24, 2.45) is 0 Å². The minimum absolute atomic E-state index is 0.00413. The first kappa shape index (κ1) is 14.3. The summed E-state index contributed by atoms with van der Waals surface area (Å²) < 4.78 is 16.9. The summed E-state index contributed by atoms with van der Waals surface area (Å²) in [5, 5.41) is 0. The van der Waals surface area contributed by atoms with Crippen LogP contribution in [0.3, 0.4) is 0 Å². The molecule has 2 aromatic heterocycles. The second kappa shape index (κ2) is 6.04. The zero-order valence-electron chi connectivity index (χ0n) is 12.6. The van der Waals surface area contributed by atoms with E-state index in [0.29, 0.717) is 24.6 Å². The van der Waals surface area contributed by atoms with Crippen LogP contribution in [-0.2, 0) is 4.74 Å². The van der Waals surface area contributed by atoms with Crippen molar-refractivity contribution < 1.29 is 18.7 Å². The van der Waals surface area contributed by atoms with E-state index in [1.165, 1.54) is 12.5 Å². The fourth-order valence-electron chi connectivity index (χ4n) is 3.42. The number of hydrogen-bond acceptors (Lipinski definition) is 5. The molecule has 0 bridgehead atoms. The Hall–Kier alpha value is -2.34. The van der Waals surface area contributed by atoms with E-state index in [2.05, 4.69) is 4.98 Å². The Kier molecular flexibility index (Phi) is 3.75. The van der Waals surface area contributed by atoms with E-state index >= 15 is 0 Å². The zero-order chi connectivity index (χ0) is 15.6. The Morgan fingerprint density at radius 2 is 2.26 bits per heavy atom. The topological polar surface area (TPSA) is 64.8 Å². The van der Waals surface area contributed by atoms with Crippen LogP contribution in [0.15, 0.2) is 47.4 Å². The highest BCUT2D eigenvalue weighted by atomic mass is 16.5. The molecule has 3 atom stereocenters. The third-order valence-electron chi connectivity index (χ3n) is 4.47. The number of hydrogen-bond donors (Lipinski definition) is 0. The van der Waals surface area contributed by atoms with Crippen LogP contribution in [0.25, 0.3) is 0 Å². The predicted octanol–water partition coefficient (Wildman–Crippen LogP) is 2.13. The number of pyridine rings is 1. The summed E-state index contributed by atoms with van der Waals surface area (Å²) in [6, 6.07) is 7.33. The van der Waals surface area contributed by atoms with Gasteiger partial charge in [-0.2, -0.15) is 0 Å². The molecule has 4 rings (SSSR count). The van der Waals surface area contributed by atoms with E-state index in [9.17, 15) is 4.79 Å². The van der Waals surface area contributed by atoms with Crippen molar-refractivity contribution in [3.8, 4) is 5.88 Å². The molecule has 3 heterocycles. The fourth-order valence-corrected chi connectivity index (χ4v) is 3.42. The van der Waals surface area contributed by atoms with E-state index in [1.54, 1.807) is 12.3 Å². The number of amides is 1. The number of nitrogens with zero attached hydrogens (tertiary/aromatic N) is 2. The molecule has 2 aromatic rings. The molecule has 6 heteroatoms. The maximum absolute atomic E-state index is 12.6. The molecule has 1 aliphatic heterocycles. The second-order valence-electron chi connectivity index (χ2n) is 5.81. The Morgan fingerprint density at radius 3 is 3.04 bits per heavy atom. The maximum atomic E-state index is 12.6. The number of morpholine rings is 1. The summed E-state index contributed by atoms with van der Waals surface area (Å²) >= 11 is 0. The molecule has 23 heavy (non-hydrogen) atoms. The van der Waals surface area contributed by atoms with Gasteiger partial charge in [0, 0.05) is 18.8 Å². The van der Waals surface area contributed by atoms with Gasteiger partial charge in [-0.3, -0.25) is 4.79 Å². The van der Waals surface area contributed by atoms with Gasteiger partial charge in [0.1, 0.15) is 18.5 Å². The van der Waals surface area contributed by atoms with Gasteiger partial charge in [0.05, 0.1) is 24.5 Å². The molecule has 1 saturated carbocycles. The zero-order valence-corrected chi connectivity index (χ0v) is 12.6. The number of carbonyl (C=O) groups is 1. The average Bonchev–Trinajstić information content (AvgIpc) is 3.25. The first-order chi connectivity index (χ1) is 11.3. The van der Waals surface area contributed by atoms with Gasteiger partial charge in [-0.05, 0) is 25.0 Å². The summed E-state index contributed by atoms with van der Waals surface area (Å²) in [4.78, 5) is 18.7. The van der Waals surface area contributed by atoms with Crippen molar-refractivity contribution in [2.75, 3.05) is 13.2 Å². The van der Waals surface area contributed by atoms with E-state index in [1.807, 2.05) is 23.1 Å². The van der Waals surface area contributed by atoms with Crippen LogP contribution in [0, 0.1) is 0 Å². The second-order valence-corrected chi connectivity index (χ2v) is 5.81. The lowest BCUT2D eigenvalue weighted by Crippen LogP contribution is -2.54. The first-order valence-electron chi connectivity index (χ1n) is 7.85. The van der Waals surface area contributed by atoms with E-state index < -0.39 is 0 Å². The van der Waals surface area contributed by atoms with Gasteiger partial charge < -0.3 is 18.8 Å². The minimum atomic E-state index is -0.110. The summed E-state index contributed by atoms with van der Waals surface area (Å²) in [6.45, 7) is 1.12. The normalized spacial score (nSPS) is 26.8. The molecule has 2 fully saturated rings. The molecule has 0 N–H and O–H groups in total. The predicted molar refractivity (Wildman–Crippen MR) is 81.2 cm³/mol. The Morgan fingerprint density at radius 1 is 1.30 bits per heavy atom. The van der Waals surface area contributed by atoms with E-state index in [4.69, 9.17) is 13.9 Å². The van der Waals surface area contributed by atoms with Gasteiger partial charge in [0.15, 0.2) is 0 Å². The van der Waals surface area contributed by atoms with Crippen molar-refractivity contribution in [3.63, 3.8) is 0 Å². The number of ether oxygens (including phenoxy) is 2. The average molecular weight is 314 g/mol. The van der Waals surface area contributed by atoms with Gasteiger partial charge in [-0.15, -0.1) is 0 Å². The Labute approximate surface area is 134 Å². The van der Waals surface area contributed by atoms with Crippen LogP contribution in [0.5, 0.6) is 5.88 Å². The lowest BCUT2D eigenvalue weighted by molar-refractivity contribution is -0.0793. The summed E-state index contributed by atoms with van der Waals surface area (Å²) in [5.41, 5.74) is 0.583. The molecule has 1 saturated heterocycles. The smallest absolute Gasteiger partial charge is 0.257 e. The molecule has 0 unspecified atom stereocenters. The Balaban J connectivity index is 1.49. The lowest BCUT2D eigenvalue weighted by Gasteiger charge is -2.38. The van der Waals surface area contributed by atoms with Gasteiger partial charge in [-0.25, -0.2) is 4.98 Å². The number of aromatic nitrogens is 1. The molecular formula is C17H18N2O4. The highest BCUT2D eigenvalue weighted by Gasteiger charge is 2.46. The van der Waals surface area contributed by atoms with E-state index in [0.717, 1.165) is 12.8 Å². The highest BCUT2D eigenvalue weighted by molar-refractivity contribution is 5.94. The third-order valence-corrected chi connectivity index (χ3v) is 4.47. The van der Waals surface area contributed by atoms with Crippen LogP contribution in [-0.4, -0.2) is 47.2 Å². The number of rotatable bonds is 3. The number of carbonyl (C=O) groups excluding carboxylic acids is 1. The minimum Gasteiger partial charge on any atom is -0.472 e. The van der Waals surface area contributed by atoms with Crippen molar-refractivity contribution in [1.29, 1.82) is 0 Å². The van der Waals surface area contributed by atoms with Gasteiger partial charge in [0.25, 0.3) is 5.91 Å². The first-order valence-corrected chi connectivity index (χ1v) is 7.85. The molecule has 1 aliphatic carbocycles. The van der Waals surface area contributed by atoms with Crippen LogP contribution in [0.4, 0.5) is 0 Å². The summed E-state index contributed by atoms with van der Waals surface area (Å²) in [5.74, 6) is 0.593. The monoisotopic (exact) mass is 314 g/mol. The molecule has 0 radical (unpaired) electrons. The number of fused-ring (bicyclic) bond motifs is 1. The quantitative estimate of drug-likeness (QED) is 0.868. The van der Waals surface area contributed by atoms with Gasteiger partial charge >= 0.3 is 0 Å². The third kappa shape index (κ3) is 2.70. The van der Waals surface area contributed by atoms with Crippen LogP contribution < -0.4 is 4.74 Å². The summed E-state index contributed by atoms with van der Waals surface area (Å²) in [6.07, 6.45) is 6.25. The van der Waals surface area contributed by atoms with Crippen LogP contribution in [0.2, 0.25) is 0 Å². The Bertz CT molecular complexity index is 658. The largest absolute Gasteiger partial charge is 0.472 e. The fraction of sp³-hybridized carbons (Fsp3) is 0.412. The molecule has 1 amide bonds. The molecular weight excluding hydrogens is 296 g/mol. The standard InChI is InChI=1S/C17H18N2O4/c20-17(12-6-9-21-11-12)19-8-10-22-16-13(19)4-5-14(16)23-15-3-1-2-7-18-15/h1-3,6-7,9,11,13-14,16H,4-5,8,10H2/t13-,14+,16+/m0/s1. The van der Waals surface area contributed by atoms with Crippen molar-refractivity contribution in [1.82, 2.24) is 9.88 Å². The molecule has 120 valence electrons. The lowest BCUT2D eigenvalue weighted by atomic mass is 10.1. The van der Waals surface area contributed by atoms with Crippen LogP contribution in [0.1, 0.15) is 23.2 Å². The van der Waals surface area contributed by atoms with Gasteiger partial charge in [0.2, 0.25) is 5.88 Å². The molecule has 0 aromatic carbocycles. The van der Waals surface area contributed by atoms with Crippen molar-refractivity contribution in [3.05, 3.63) is 48.6 Å². The van der Waals surface area contributed by atoms with Crippen LogP contribution >= 0.6 is 0 Å². The summed E-state index contributed by atoms with van der Waals surface area (Å²) in [7, 11) is 0. The SMILES string of the molecule is O=C(c1ccoc1)N1CCO[C@H]2[C@H](Oc3ccccn3)CC[C@@H]21. The molecule has 6 nitrogen and oxygen atoms in total.